The molecule has 9 N–H and O–H groups in total. The zero-order valence-electron chi connectivity index (χ0n) is 49.0. The van der Waals surface area contributed by atoms with Crippen LogP contribution in [0.1, 0.15) is 277 Å². The summed E-state index contributed by atoms with van der Waals surface area (Å²) < 4.78 is 22.9. The van der Waals surface area contributed by atoms with Gasteiger partial charge in [-0.1, -0.05) is 250 Å². The van der Waals surface area contributed by atoms with Crippen molar-refractivity contribution < 1.29 is 64.6 Å². The first-order chi connectivity index (χ1) is 37.6. The number of amides is 1. The molecular formula is C63H119NO13. The standard InChI is InChI=1S/C63H119NO13/c1-3-5-7-9-11-13-15-17-19-21-23-24-25-26-27-29-30-32-34-36-38-40-42-44-46-52(67)51(64-55(68)47-45-43-41-39-37-35-33-31-28-22-20-18-16-14-12-10-8-6-4-2)50-74-62-60(73)58(71)61(54(49-66)76-62)77-63-59(72)57(70)56(69)53(48-65)75-63/h12,14,18,20,51-54,56-63,65-67,69-73H,3-11,13,15-17,19,21-50H2,1-2H3,(H,64,68)/b14-12-,20-18-. The van der Waals surface area contributed by atoms with Crippen molar-refractivity contribution >= 4 is 5.91 Å². The van der Waals surface area contributed by atoms with Crippen LogP contribution in [-0.2, 0) is 23.7 Å². The minimum atomic E-state index is -1.78. The maximum absolute atomic E-state index is 13.3. The van der Waals surface area contributed by atoms with Crippen LogP contribution < -0.4 is 5.32 Å². The second kappa shape index (κ2) is 49.1. The Bertz CT molecular complexity index is 1390. The quantitative estimate of drug-likeness (QED) is 0.0204. The number of ether oxygens (including phenoxy) is 4. The molecule has 2 fully saturated rings. The Hall–Kier alpha value is -1.53. The van der Waals surface area contributed by atoms with Crippen LogP contribution in [0.3, 0.4) is 0 Å². The van der Waals surface area contributed by atoms with Gasteiger partial charge in [-0.3, -0.25) is 4.79 Å². The van der Waals surface area contributed by atoms with Crippen molar-refractivity contribution in [3.8, 4) is 0 Å². The van der Waals surface area contributed by atoms with Gasteiger partial charge >= 0.3 is 0 Å². The van der Waals surface area contributed by atoms with Crippen molar-refractivity contribution in [2.75, 3.05) is 19.8 Å². The molecule has 77 heavy (non-hydrogen) atoms. The lowest BCUT2D eigenvalue weighted by Crippen LogP contribution is -2.65. The van der Waals surface area contributed by atoms with E-state index in [1.165, 1.54) is 186 Å². The van der Waals surface area contributed by atoms with Crippen LogP contribution in [0.2, 0.25) is 0 Å². The van der Waals surface area contributed by atoms with Crippen LogP contribution in [0.15, 0.2) is 24.3 Å². The molecule has 0 aromatic carbocycles. The predicted octanol–water partition coefficient (Wildman–Crippen LogP) is 11.6. The lowest BCUT2D eigenvalue weighted by molar-refractivity contribution is -0.359. The predicted molar refractivity (Wildman–Crippen MR) is 309 cm³/mol. The molecule has 2 heterocycles. The highest BCUT2D eigenvalue weighted by Gasteiger charge is 2.51. The Morgan fingerprint density at radius 3 is 1.32 bits per heavy atom. The molecule has 0 aromatic rings. The van der Waals surface area contributed by atoms with Gasteiger partial charge in [-0.05, 0) is 44.9 Å². The number of rotatable bonds is 52. The van der Waals surface area contributed by atoms with Gasteiger partial charge < -0.3 is 65.1 Å². The Labute approximate surface area is 468 Å². The van der Waals surface area contributed by atoms with E-state index >= 15 is 0 Å². The maximum Gasteiger partial charge on any atom is 0.220 e. The third kappa shape index (κ3) is 34.5. The molecule has 0 aromatic heterocycles. The summed E-state index contributed by atoms with van der Waals surface area (Å²) in [5, 5.41) is 87.4. The van der Waals surface area contributed by atoms with Crippen molar-refractivity contribution in [2.24, 2.45) is 0 Å². The Balaban J connectivity index is 1.72. The fourth-order valence-corrected chi connectivity index (χ4v) is 10.7. The summed E-state index contributed by atoms with van der Waals surface area (Å²) in [5.41, 5.74) is 0. The van der Waals surface area contributed by atoms with Gasteiger partial charge in [0, 0.05) is 6.42 Å². The van der Waals surface area contributed by atoms with Gasteiger partial charge in [0.25, 0.3) is 0 Å². The highest BCUT2D eigenvalue weighted by Crippen LogP contribution is 2.30. The molecule has 2 rings (SSSR count). The number of allylic oxidation sites excluding steroid dienone is 4. The molecule has 2 saturated heterocycles. The van der Waals surface area contributed by atoms with Gasteiger partial charge in [0.1, 0.15) is 48.8 Å². The summed E-state index contributed by atoms with van der Waals surface area (Å²) in [4.78, 5) is 13.3. The third-order valence-electron chi connectivity index (χ3n) is 15.9. The van der Waals surface area contributed by atoms with E-state index in [2.05, 4.69) is 43.5 Å². The highest BCUT2D eigenvalue weighted by atomic mass is 16.7. The van der Waals surface area contributed by atoms with Crippen LogP contribution in [0.4, 0.5) is 0 Å². The molecule has 2 aliphatic rings. The number of hydrogen-bond donors (Lipinski definition) is 9. The first-order valence-corrected chi connectivity index (χ1v) is 32.1. The molecule has 0 spiro atoms. The summed E-state index contributed by atoms with van der Waals surface area (Å²) in [6.45, 7) is 2.87. The van der Waals surface area contributed by atoms with Gasteiger partial charge in [0.15, 0.2) is 12.6 Å². The van der Waals surface area contributed by atoms with E-state index in [9.17, 15) is 45.6 Å². The number of hydrogen-bond acceptors (Lipinski definition) is 13. The fourth-order valence-electron chi connectivity index (χ4n) is 10.7. The topological polar surface area (TPSA) is 228 Å². The van der Waals surface area contributed by atoms with Crippen molar-refractivity contribution in [1.29, 1.82) is 0 Å². The van der Waals surface area contributed by atoms with Crippen molar-refractivity contribution in [2.45, 2.75) is 351 Å². The first-order valence-electron chi connectivity index (χ1n) is 32.1. The van der Waals surface area contributed by atoms with Crippen LogP contribution in [0.5, 0.6) is 0 Å². The first kappa shape index (κ1) is 71.6. The smallest absolute Gasteiger partial charge is 0.220 e. The maximum atomic E-state index is 13.3. The van der Waals surface area contributed by atoms with Gasteiger partial charge in [0.05, 0.1) is 32.0 Å². The van der Waals surface area contributed by atoms with E-state index in [-0.39, 0.29) is 12.5 Å². The fraction of sp³-hybridized carbons (Fsp3) is 0.921. The molecule has 0 bridgehead atoms. The molecule has 0 radical (unpaired) electrons. The van der Waals surface area contributed by atoms with E-state index in [1.54, 1.807) is 0 Å². The van der Waals surface area contributed by atoms with Gasteiger partial charge in [0.2, 0.25) is 5.91 Å². The summed E-state index contributed by atoms with van der Waals surface area (Å²) in [5.74, 6) is -0.208. The molecule has 0 saturated carbocycles. The molecule has 14 nitrogen and oxygen atoms in total. The number of carbonyl (C=O) groups excluding carboxylic acids is 1. The molecule has 2 aliphatic heterocycles. The monoisotopic (exact) mass is 1100 g/mol. The number of aliphatic hydroxyl groups is 8. The summed E-state index contributed by atoms with van der Waals surface area (Å²) >= 11 is 0. The summed E-state index contributed by atoms with van der Waals surface area (Å²) in [6.07, 6.45) is 41.7. The second-order valence-electron chi connectivity index (χ2n) is 22.9. The van der Waals surface area contributed by atoms with Crippen molar-refractivity contribution in [1.82, 2.24) is 5.32 Å². The van der Waals surface area contributed by atoms with E-state index in [0.717, 1.165) is 64.2 Å². The summed E-state index contributed by atoms with van der Waals surface area (Å²) in [6, 6.07) is -0.830. The van der Waals surface area contributed by atoms with Gasteiger partial charge in [-0.2, -0.15) is 0 Å². The summed E-state index contributed by atoms with van der Waals surface area (Å²) in [7, 11) is 0. The Kier molecular flexibility index (Phi) is 45.7. The zero-order chi connectivity index (χ0) is 56.0. The second-order valence-corrected chi connectivity index (χ2v) is 22.9. The zero-order valence-corrected chi connectivity index (χ0v) is 49.0. The largest absolute Gasteiger partial charge is 0.394 e. The minimum absolute atomic E-state index is 0.208. The van der Waals surface area contributed by atoms with Crippen LogP contribution in [0, 0.1) is 0 Å². The van der Waals surface area contributed by atoms with Gasteiger partial charge in [-0.25, -0.2) is 0 Å². The van der Waals surface area contributed by atoms with E-state index < -0.39 is 86.8 Å². The number of unbranched alkanes of at least 4 members (excludes halogenated alkanes) is 35. The highest BCUT2D eigenvalue weighted by molar-refractivity contribution is 5.76. The molecule has 454 valence electrons. The minimum Gasteiger partial charge on any atom is -0.394 e. The van der Waals surface area contributed by atoms with Gasteiger partial charge in [-0.15, -0.1) is 0 Å². The van der Waals surface area contributed by atoms with Crippen LogP contribution in [-0.4, -0.2) is 140 Å². The molecule has 12 unspecified atom stereocenters. The van der Waals surface area contributed by atoms with Crippen molar-refractivity contribution in [3.63, 3.8) is 0 Å². The average molecular weight is 1100 g/mol. The average Bonchev–Trinajstić information content (AvgIpc) is 3.44. The molecule has 1 amide bonds. The molecule has 14 heteroatoms. The van der Waals surface area contributed by atoms with Crippen LogP contribution >= 0.6 is 0 Å². The van der Waals surface area contributed by atoms with E-state index in [0.29, 0.717) is 12.8 Å². The molecule has 12 atom stereocenters. The Morgan fingerprint density at radius 1 is 0.468 bits per heavy atom. The third-order valence-corrected chi connectivity index (χ3v) is 15.9. The molecular weight excluding hydrogens is 979 g/mol. The lowest BCUT2D eigenvalue weighted by Gasteiger charge is -2.46. The number of carbonyl (C=O) groups is 1. The lowest BCUT2D eigenvalue weighted by atomic mass is 9.97. The Morgan fingerprint density at radius 2 is 0.857 bits per heavy atom. The van der Waals surface area contributed by atoms with Crippen molar-refractivity contribution in [3.05, 3.63) is 24.3 Å². The number of nitrogens with one attached hydrogen (secondary N) is 1. The van der Waals surface area contributed by atoms with E-state index in [1.807, 2.05) is 0 Å². The van der Waals surface area contributed by atoms with Crippen LogP contribution in [0.25, 0.3) is 0 Å². The van der Waals surface area contributed by atoms with E-state index in [4.69, 9.17) is 18.9 Å². The normalized spacial score (nSPS) is 24.8. The molecule has 0 aliphatic carbocycles. The number of aliphatic hydroxyl groups excluding tert-OH is 8. The SMILES string of the molecule is CCCCC/C=C\C/C=C\CCCCCCCCCCCC(=O)NC(COC1OC(CO)C(OC2OC(CO)C(O)C(O)C2O)C(O)C1O)C(O)CCCCCCCCCCCCCCCCCCCCCCCCCC.